The SMILES string of the molecule is CCCCCC(NC)C(=O)N1CCCC1. The van der Waals surface area contributed by atoms with Crippen molar-refractivity contribution in [3.05, 3.63) is 0 Å². The van der Waals surface area contributed by atoms with Gasteiger partial charge < -0.3 is 10.2 Å². The van der Waals surface area contributed by atoms with Gasteiger partial charge in [0.2, 0.25) is 5.91 Å². The molecule has 0 aromatic rings. The first kappa shape index (κ1) is 12.5. The fourth-order valence-electron chi connectivity index (χ4n) is 2.15. The van der Waals surface area contributed by atoms with Gasteiger partial charge >= 0.3 is 0 Å². The van der Waals surface area contributed by atoms with Crippen molar-refractivity contribution < 1.29 is 4.79 Å². The summed E-state index contributed by atoms with van der Waals surface area (Å²) in [7, 11) is 1.89. The van der Waals surface area contributed by atoms with Crippen LogP contribution >= 0.6 is 0 Å². The lowest BCUT2D eigenvalue weighted by Crippen LogP contribution is -2.44. The first-order valence-electron chi connectivity index (χ1n) is 6.25. The van der Waals surface area contributed by atoms with E-state index in [-0.39, 0.29) is 6.04 Å². The molecule has 3 heteroatoms. The Kier molecular flexibility index (Phi) is 5.69. The van der Waals surface area contributed by atoms with E-state index >= 15 is 0 Å². The van der Waals surface area contributed by atoms with Crippen LogP contribution in [0.15, 0.2) is 0 Å². The number of hydrogen-bond acceptors (Lipinski definition) is 2. The van der Waals surface area contributed by atoms with E-state index in [1.165, 1.54) is 25.7 Å². The molecular weight excluding hydrogens is 188 g/mol. The van der Waals surface area contributed by atoms with Crippen LogP contribution < -0.4 is 5.32 Å². The van der Waals surface area contributed by atoms with Gasteiger partial charge in [0.05, 0.1) is 6.04 Å². The molecule has 1 atom stereocenters. The Morgan fingerprint density at radius 1 is 1.33 bits per heavy atom. The smallest absolute Gasteiger partial charge is 0.239 e. The van der Waals surface area contributed by atoms with Crippen molar-refractivity contribution in [1.29, 1.82) is 0 Å². The lowest BCUT2D eigenvalue weighted by Gasteiger charge is -2.22. The fourth-order valence-corrected chi connectivity index (χ4v) is 2.15. The van der Waals surface area contributed by atoms with E-state index in [4.69, 9.17) is 0 Å². The largest absolute Gasteiger partial charge is 0.341 e. The summed E-state index contributed by atoms with van der Waals surface area (Å²) in [6.07, 6.45) is 6.94. The first-order chi connectivity index (χ1) is 7.29. The van der Waals surface area contributed by atoms with Crippen LogP contribution in [-0.2, 0) is 4.79 Å². The summed E-state index contributed by atoms with van der Waals surface area (Å²) in [6.45, 7) is 4.12. The Bertz CT molecular complexity index is 188. The molecule has 0 bridgehead atoms. The molecule has 1 N–H and O–H groups in total. The zero-order valence-electron chi connectivity index (χ0n) is 10.1. The van der Waals surface area contributed by atoms with Crippen LogP contribution in [0.5, 0.6) is 0 Å². The van der Waals surface area contributed by atoms with E-state index in [9.17, 15) is 4.79 Å². The third kappa shape index (κ3) is 3.82. The maximum absolute atomic E-state index is 12.0. The van der Waals surface area contributed by atoms with Crippen LogP contribution in [-0.4, -0.2) is 37.0 Å². The number of carbonyl (C=O) groups is 1. The summed E-state index contributed by atoms with van der Waals surface area (Å²) in [6, 6.07) is 0.0506. The van der Waals surface area contributed by atoms with E-state index in [1.807, 2.05) is 11.9 Å². The van der Waals surface area contributed by atoms with Gasteiger partial charge in [-0.1, -0.05) is 26.2 Å². The number of carbonyl (C=O) groups excluding carboxylic acids is 1. The van der Waals surface area contributed by atoms with E-state index in [1.54, 1.807) is 0 Å². The van der Waals surface area contributed by atoms with Crippen molar-refractivity contribution in [2.24, 2.45) is 0 Å². The number of unbranched alkanes of at least 4 members (excludes halogenated alkanes) is 2. The third-order valence-corrected chi connectivity index (χ3v) is 3.16. The molecule has 3 nitrogen and oxygen atoms in total. The molecule has 1 heterocycles. The Morgan fingerprint density at radius 3 is 2.53 bits per heavy atom. The van der Waals surface area contributed by atoms with Gasteiger partial charge in [-0.3, -0.25) is 4.79 Å². The minimum absolute atomic E-state index is 0.0506. The van der Waals surface area contributed by atoms with Crippen molar-refractivity contribution in [3.8, 4) is 0 Å². The van der Waals surface area contributed by atoms with Gasteiger partial charge in [0, 0.05) is 13.1 Å². The Morgan fingerprint density at radius 2 is 2.00 bits per heavy atom. The van der Waals surface area contributed by atoms with Crippen LogP contribution in [0.4, 0.5) is 0 Å². The molecule has 1 rings (SSSR count). The molecule has 1 saturated heterocycles. The second-order valence-corrected chi connectivity index (χ2v) is 4.37. The van der Waals surface area contributed by atoms with Crippen LogP contribution in [0.2, 0.25) is 0 Å². The highest BCUT2D eigenvalue weighted by Gasteiger charge is 2.24. The van der Waals surface area contributed by atoms with Gasteiger partial charge in [0.15, 0.2) is 0 Å². The zero-order valence-corrected chi connectivity index (χ0v) is 10.1. The molecule has 0 radical (unpaired) electrons. The third-order valence-electron chi connectivity index (χ3n) is 3.16. The highest BCUT2D eigenvalue weighted by Crippen LogP contribution is 2.12. The normalized spacial score (nSPS) is 18.1. The fraction of sp³-hybridized carbons (Fsp3) is 0.917. The summed E-state index contributed by atoms with van der Waals surface area (Å²) in [5.74, 6) is 0.311. The van der Waals surface area contributed by atoms with Gasteiger partial charge in [-0.25, -0.2) is 0 Å². The molecule has 0 aromatic carbocycles. The van der Waals surface area contributed by atoms with E-state index in [2.05, 4.69) is 12.2 Å². The summed E-state index contributed by atoms with van der Waals surface area (Å²) in [5.41, 5.74) is 0. The maximum Gasteiger partial charge on any atom is 0.239 e. The number of nitrogens with zero attached hydrogens (tertiary/aromatic N) is 1. The van der Waals surface area contributed by atoms with E-state index in [0.29, 0.717) is 5.91 Å². The molecule has 1 aliphatic rings. The zero-order chi connectivity index (χ0) is 11.1. The van der Waals surface area contributed by atoms with Crippen LogP contribution in [0.25, 0.3) is 0 Å². The number of rotatable bonds is 6. The number of nitrogens with one attached hydrogen (secondary N) is 1. The molecule has 0 saturated carbocycles. The Hall–Kier alpha value is -0.570. The lowest BCUT2D eigenvalue weighted by molar-refractivity contribution is -0.132. The molecule has 0 aromatic heterocycles. The second kappa shape index (κ2) is 6.83. The van der Waals surface area contributed by atoms with Gasteiger partial charge in [-0.2, -0.15) is 0 Å². The molecule has 0 spiro atoms. The average Bonchev–Trinajstić information content (AvgIpc) is 2.77. The quantitative estimate of drug-likeness (QED) is 0.681. The highest BCUT2D eigenvalue weighted by molar-refractivity contribution is 5.82. The number of hydrogen-bond donors (Lipinski definition) is 1. The molecule has 1 unspecified atom stereocenters. The van der Waals surface area contributed by atoms with Gasteiger partial charge in [0.25, 0.3) is 0 Å². The summed E-state index contributed by atoms with van der Waals surface area (Å²) in [5, 5.41) is 3.15. The van der Waals surface area contributed by atoms with Crippen molar-refractivity contribution in [2.45, 2.75) is 51.5 Å². The van der Waals surface area contributed by atoms with Crippen LogP contribution in [0.1, 0.15) is 45.4 Å². The molecule has 1 fully saturated rings. The molecule has 15 heavy (non-hydrogen) atoms. The van der Waals surface area contributed by atoms with Crippen molar-refractivity contribution >= 4 is 5.91 Å². The molecule has 0 aliphatic carbocycles. The number of amides is 1. The minimum atomic E-state index is 0.0506. The standard InChI is InChI=1S/C12H24N2O/c1-3-4-5-8-11(13-2)12(15)14-9-6-7-10-14/h11,13H,3-10H2,1-2H3. The van der Waals surface area contributed by atoms with Gasteiger partial charge in [0.1, 0.15) is 0 Å². The number of likely N-dealkylation sites (tertiary alicyclic amines) is 1. The average molecular weight is 212 g/mol. The van der Waals surface area contributed by atoms with Crippen molar-refractivity contribution in [2.75, 3.05) is 20.1 Å². The lowest BCUT2D eigenvalue weighted by atomic mass is 10.1. The molecule has 88 valence electrons. The monoisotopic (exact) mass is 212 g/mol. The van der Waals surface area contributed by atoms with Crippen LogP contribution in [0, 0.1) is 0 Å². The Labute approximate surface area is 93.2 Å². The first-order valence-corrected chi connectivity index (χ1v) is 6.25. The molecule has 1 aliphatic heterocycles. The van der Waals surface area contributed by atoms with Gasteiger partial charge in [-0.05, 0) is 26.3 Å². The summed E-state index contributed by atoms with van der Waals surface area (Å²) in [4.78, 5) is 14.0. The summed E-state index contributed by atoms with van der Waals surface area (Å²) >= 11 is 0. The van der Waals surface area contributed by atoms with E-state index in [0.717, 1.165) is 25.9 Å². The van der Waals surface area contributed by atoms with Crippen LogP contribution in [0.3, 0.4) is 0 Å². The highest BCUT2D eigenvalue weighted by atomic mass is 16.2. The maximum atomic E-state index is 12.0. The minimum Gasteiger partial charge on any atom is -0.341 e. The molecule has 1 amide bonds. The van der Waals surface area contributed by atoms with Crippen molar-refractivity contribution in [1.82, 2.24) is 10.2 Å². The number of likely N-dealkylation sites (N-methyl/N-ethyl adjacent to an activating group) is 1. The van der Waals surface area contributed by atoms with Gasteiger partial charge in [-0.15, -0.1) is 0 Å². The predicted octanol–water partition coefficient (Wildman–Crippen LogP) is 1.78. The summed E-state index contributed by atoms with van der Waals surface area (Å²) < 4.78 is 0. The molecular formula is C12H24N2O. The second-order valence-electron chi connectivity index (χ2n) is 4.37. The predicted molar refractivity (Wildman–Crippen MR) is 62.8 cm³/mol. The van der Waals surface area contributed by atoms with E-state index < -0.39 is 0 Å². The van der Waals surface area contributed by atoms with Crippen molar-refractivity contribution in [3.63, 3.8) is 0 Å². The Balaban J connectivity index is 2.32. The topological polar surface area (TPSA) is 32.3 Å².